The molecule has 16 heavy (non-hydrogen) atoms. The lowest BCUT2D eigenvalue weighted by Crippen LogP contribution is -2.36. The fraction of sp³-hybridized carbons (Fsp3) is 0.636. The summed E-state index contributed by atoms with van der Waals surface area (Å²) >= 11 is 0. The number of nitrogens with zero attached hydrogens (tertiary/aromatic N) is 3. The minimum absolute atomic E-state index is 0.0956. The fourth-order valence-electron chi connectivity index (χ4n) is 2.15. The minimum atomic E-state index is -0.133. The number of esters is 1. The summed E-state index contributed by atoms with van der Waals surface area (Å²) in [6.45, 7) is 1.65. The van der Waals surface area contributed by atoms with Crippen LogP contribution in [0.2, 0.25) is 0 Å². The number of likely N-dealkylation sites (tertiary alicyclic amines) is 1. The van der Waals surface area contributed by atoms with Crippen molar-refractivity contribution in [2.24, 2.45) is 7.05 Å². The van der Waals surface area contributed by atoms with Gasteiger partial charge in [-0.1, -0.05) is 0 Å². The van der Waals surface area contributed by atoms with Gasteiger partial charge in [-0.15, -0.1) is 0 Å². The van der Waals surface area contributed by atoms with E-state index in [1.54, 1.807) is 6.20 Å². The van der Waals surface area contributed by atoms with Crippen molar-refractivity contribution in [1.82, 2.24) is 14.5 Å². The molecule has 1 saturated heterocycles. The van der Waals surface area contributed by atoms with E-state index in [9.17, 15) is 4.79 Å². The standard InChI is InChI=1S/C11H17N3O2/c1-13-7-5-12-10(13)8-14-6-3-4-9(14)11(15)16-2/h5,7,9H,3-4,6,8H2,1-2H3. The topological polar surface area (TPSA) is 47.4 Å². The Labute approximate surface area is 95.0 Å². The Morgan fingerprint density at radius 1 is 1.69 bits per heavy atom. The zero-order chi connectivity index (χ0) is 11.5. The molecule has 0 amide bonds. The highest BCUT2D eigenvalue weighted by atomic mass is 16.5. The third kappa shape index (κ3) is 2.09. The van der Waals surface area contributed by atoms with Gasteiger partial charge in [0.1, 0.15) is 11.9 Å². The summed E-state index contributed by atoms with van der Waals surface area (Å²) in [5.74, 6) is 0.850. The van der Waals surface area contributed by atoms with Crippen LogP contribution in [0.15, 0.2) is 12.4 Å². The summed E-state index contributed by atoms with van der Waals surface area (Å²) in [4.78, 5) is 17.9. The monoisotopic (exact) mass is 223 g/mol. The van der Waals surface area contributed by atoms with Gasteiger partial charge in [-0.05, 0) is 19.4 Å². The van der Waals surface area contributed by atoms with Gasteiger partial charge < -0.3 is 9.30 Å². The Morgan fingerprint density at radius 2 is 2.50 bits per heavy atom. The van der Waals surface area contributed by atoms with Crippen LogP contribution in [-0.4, -0.2) is 40.1 Å². The van der Waals surface area contributed by atoms with E-state index >= 15 is 0 Å². The molecule has 5 heteroatoms. The lowest BCUT2D eigenvalue weighted by Gasteiger charge is -2.21. The van der Waals surface area contributed by atoms with Crippen molar-refractivity contribution < 1.29 is 9.53 Å². The molecule has 0 spiro atoms. The van der Waals surface area contributed by atoms with E-state index in [2.05, 4.69) is 9.88 Å². The lowest BCUT2D eigenvalue weighted by atomic mass is 10.2. The minimum Gasteiger partial charge on any atom is -0.468 e. The first-order valence-electron chi connectivity index (χ1n) is 5.50. The van der Waals surface area contributed by atoms with Gasteiger partial charge in [0.2, 0.25) is 0 Å². The van der Waals surface area contributed by atoms with Gasteiger partial charge in [0, 0.05) is 19.4 Å². The van der Waals surface area contributed by atoms with Crippen molar-refractivity contribution in [1.29, 1.82) is 0 Å². The summed E-state index contributed by atoms with van der Waals surface area (Å²) < 4.78 is 6.78. The van der Waals surface area contributed by atoms with Crippen molar-refractivity contribution in [2.75, 3.05) is 13.7 Å². The zero-order valence-corrected chi connectivity index (χ0v) is 9.72. The molecule has 0 saturated carbocycles. The Balaban J connectivity index is 2.04. The molecule has 0 N–H and O–H groups in total. The highest BCUT2D eigenvalue weighted by Gasteiger charge is 2.31. The SMILES string of the molecule is COC(=O)C1CCCN1Cc1nccn1C. The Bertz CT molecular complexity index is 375. The van der Waals surface area contributed by atoms with Crippen LogP contribution in [0.25, 0.3) is 0 Å². The van der Waals surface area contributed by atoms with E-state index in [-0.39, 0.29) is 12.0 Å². The van der Waals surface area contributed by atoms with Crippen LogP contribution < -0.4 is 0 Å². The highest BCUT2D eigenvalue weighted by Crippen LogP contribution is 2.20. The first-order valence-corrected chi connectivity index (χ1v) is 5.50. The Kier molecular flexibility index (Phi) is 3.24. The van der Waals surface area contributed by atoms with E-state index < -0.39 is 0 Å². The normalized spacial score (nSPS) is 21.2. The van der Waals surface area contributed by atoms with E-state index in [0.29, 0.717) is 6.54 Å². The molecule has 88 valence electrons. The van der Waals surface area contributed by atoms with Crippen LogP contribution in [0.5, 0.6) is 0 Å². The van der Waals surface area contributed by atoms with Crippen molar-refractivity contribution >= 4 is 5.97 Å². The molecule has 5 nitrogen and oxygen atoms in total. The molecule has 0 radical (unpaired) electrons. The van der Waals surface area contributed by atoms with E-state index in [1.807, 2.05) is 17.8 Å². The van der Waals surface area contributed by atoms with Gasteiger partial charge in [0.25, 0.3) is 0 Å². The van der Waals surface area contributed by atoms with Crippen LogP contribution in [0.4, 0.5) is 0 Å². The van der Waals surface area contributed by atoms with Gasteiger partial charge in [-0.3, -0.25) is 9.69 Å². The number of carbonyl (C=O) groups is 1. The zero-order valence-electron chi connectivity index (χ0n) is 9.72. The Hall–Kier alpha value is -1.36. The summed E-state index contributed by atoms with van der Waals surface area (Å²) in [6.07, 6.45) is 5.62. The Morgan fingerprint density at radius 3 is 3.12 bits per heavy atom. The maximum absolute atomic E-state index is 11.5. The summed E-state index contributed by atoms with van der Waals surface area (Å²) in [7, 11) is 3.41. The quantitative estimate of drug-likeness (QED) is 0.702. The molecule has 1 fully saturated rings. The van der Waals surface area contributed by atoms with E-state index in [0.717, 1.165) is 25.2 Å². The maximum Gasteiger partial charge on any atom is 0.323 e. The second-order valence-electron chi connectivity index (χ2n) is 4.11. The second-order valence-corrected chi connectivity index (χ2v) is 4.11. The molecular formula is C11H17N3O2. The van der Waals surface area contributed by atoms with E-state index in [4.69, 9.17) is 4.74 Å². The molecule has 2 heterocycles. The van der Waals surface area contributed by atoms with Crippen LogP contribution in [0.3, 0.4) is 0 Å². The first kappa shape index (κ1) is 11.1. The lowest BCUT2D eigenvalue weighted by molar-refractivity contribution is -0.146. The summed E-state index contributed by atoms with van der Waals surface area (Å²) in [5.41, 5.74) is 0. The number of imidazole rings is 1. The summed E-state index contributed by atoms with van der Waals surface area (Å²) in [5, 5.41) is 0. The third-order valence-electron chi connectivity index (χ3n) is 3.10. The van der Waals surface area contributed by atoms with Gasteiger partial charge in [-0.25, -0.2) is 4.98 Å². The molecular weight excluding hydrogens is 206 g/mol. The van der Waals surface area contributed by atoms with Gasteiger partial charge in [-0.2, -0.15) is 0 Å². The number of aromatic nitrogens is 2. The van der Waals surface area contributed by atoms with Crippen LogP contribution in [-0.2, 0) is 23.1 Å². The van der Waals surface area contributed by atoms with Gasteiger partial charge in [0.05, 0.1) is 13.7 Å². The van der Waals surface area contributed by atoms with Crippen molar-refractivity contribution in [3.05, 3.63) is 18.2 Å². The third-order valence-corrected chi connectivity index (χ3v) is 3.10. The first-order chi connectivity index (χ1) is 7.72. The predicted octanol–water partition coefficient (Wildman–Crippen LogP) is 0.557. The smallest absolute Gasteiger partial charge is 0.323 e. The number of ether oxygens (including phenoxy) is 1. The molecule has 0 aliphatic carbocycles. The van der Waals surface area contributed by atoms with Crippen molar-refractivity contribution in [3.8, 4) is 0 Å². The fourth-order valence-corrected chi connectivity index (χ4v) is 2.15. The maximum atomic E-state index is 11.5. The number of hydrogen-bond acceptors (Lipinski definition) is 4. The van der Waals surface area contributed by atoms with Crippen LogP contribution in [0.1, 0.15) is 18.7 Å². The van der Waals surface area contributed by atoms with Crippen molar-refractivity contribution in [2.45, 2.75) is 25.4 Å². The van der Waals surface area contributed by atoms with Gasteiger partial charge in [0.15, 0.2) is 0 Å². The molecule has 1 atom stereocenters. The number of aryl methyl sites for hydroxylation is 1. The largest absolute Gasteiger partial charge is 0.468 e. The second kappa shape index (κ2) is 4.65. The molecule has 2 rings (SSSR count). The summed E-state index contributed by atoms with van der Waals surface area (Å²) in [6, 6.07) is -0.0956. The van der Waals surface area contributed by atoms with Crippen LogP contribution >= 0.6 is 0 Å². The molecule has 0 aromatic carbocycles. The molecule has 1 aromatic heterocycles. The average molecular weight is 223 g/mol. The molecule has 1 aliphatic heterocycles. The predicted molar refractivity (Wildman–Crippen MR) is 58.7 cm³/mol. The molecule has 0 bridgehead atoms. The number of methoxy groups -OCH3 is 1. The van der Waals surface area contributed by atoms with Crippen LogP contribution in [0, 0.1) is 0 Å². The number of hydrogen-bond donors (Lipinski definition) is 0. The molecule has 1 unspecified atom stereocenters. The van der Waals surface area contributed by atoms with Gasteiger partial charge >= 0.3 is 5.97 Å². The van der Waals surface area contributed by atoms with Crippen molar-refractivity contribution in [3.63, 3.8) is 0 Å². The molecule has 1 aromatic rings. The number of rotatable bonds is 3. The highest BCUT2D eigenvalue weighted by molar-refractivity contribution is 5.75. The average Bonchev–Trinajstić information content (AvgIpc) is 2.88. The molecule has 1 aliphatic rings. The number of carbonyl (C=O) groups excluding carboxylic acids is 1. The van der Waals surface area contributed by atoms with E-state index in [1.165, 1.54) is 7.11 Å².